The van der Waals surface area contributed by atoms with Gasteiger partial charge in [-0.2, -0.15) is 0 Å². The third-order valence-electron chi connectivity index (χ3n) is 12.0. The van der Waals surface area contributed by atoms with Gasteiger partial charge in [0.05, 0.1) is 9.79 Å². The van der Waals surface area contributed by atoms with Crippen LogP contribution in [0.5, 0.6) is 0 Å². The third-order valence-corrected chi connectivity index (χ3v) is 15.9. The summed E-state index contributed by atoms with van der Waals surface area (Å²) >= 11 is 7.02. The van der Waals surface area contributed by atoms with Crippen molar-refractivity contribution in [2.45, 2.75) is 61.2 Å². The van der Waals surface area contributed by atoms with Gasteiger partial charge in [-0.25, -0.2) is 26.3 Å². The SMILES string of the molecule is CC[C@@](CNS(=O)(=O)c1ccc(C)cc1)(c1ccc(Br)cc1)c1c[nH]c2ccccc12.CC[C@@](CNS(=O)(=O)c1ccc(C)cc1)(c1ccc(Br)cc1)c1c[nH]c2ccccc12. The number of hydrogen-bond acceptors (Lipinski definition) is 4. The molecular weight excluding hydrogens is 945 g/mol. The molecule has 0 radical (unpaired) electrons. The van der Waals surface area contributed by atoms with Crippen molar-refractivity contribution in [1.82, 2.24) is 19.4 Å². The van der Waals surface area contributed by atoms with Crippen LogP contribution in [0, 0.1) is 13.8 Å². The van der Waals surface area contributed by atoms with E-state index in [4.69, 9.17) is 0 Å². The lowest BCUT2D eigenvalue weighted by molar-refractivity contribution is 0.482. The van der Waals surface area contributed by atoms with E-state index >= 15 is 0 Å². The molecule has 320 valence electrons. The molecule has 8 rings (SSSR count). The van der Waals surface area contributed by atoms with Crippen molar-refractivity contribution in [3.05, 3.63) is 200 Å². The van der Waals surface area contributed by atoms with Crippen molar-refractivity contribution >= 4 is 73.7 Å². The maximum absolute atomic E-state index is 13.1. The van der Waals surface area contributed by atoms with E-state index in [-0.39, 0.29) is 22.9 Å². The molecule has 2 aromatic heterocycles. The molecular formula is C50H50Br2N4O4S2. The van der Waals surface area contributed by atoms with Gasteiger partial charge in [0, 0.05) is 67.1 Å². The lowest BCUT2D eigenvalue weighted by Crippen LogP contribution is -2.41. The van der Waals surface area contributed by atoms with Crippen molar-refractivity contribution < 1.29 is 16.8 Å². The molecule has 0 saturated carbocycles. The van der Waals surface area contributed by atoms with Crippen LogP contribution in [0.25, 0.3) is 21.8 Å². The summed E-state index contributed by atoms with van der Waals surface area (Å²) in [5, 5.41) is 2.20. The summed E-state index contributed by atoms with van der Waals surface area (Å²) in [4.78, 5) is 7.27. The van der Waals surface area contributed by atoms with Crippen molar-refractivity contribution in [2.24, 2.45) is 0 Å². The highest BCUT2D eigenvalue weighted by Gasteiger charge is 2.38. The first-order chi connectivity index (χ1) is 29.7. The van der Waals surface area contributed by atoms with Crippen LogP contribution in [0.1, 0.15) is 60.1 Å². The van der Waals surface area contributed by atoms with E-state index in [1.165, 1.54) is 0 Å². The van der Waals surface area contributed by atoms with E-state index in [1.54, 1.807) is 24.3 Å². The fourth-order valence-corrected chi connectivity index (χ4v) is 11.0. The molecule has 8 aromatic rings. The number of aromatic amines is 2. The Morgan fingerprint density at radius 3 is 1.16 bits per heavy atom. The highest BCUT2D eigenvalue weighted by Crippen LogP contribution is 2.41. The lowest BCUT2D eigenvalue weighted by Gasteiger charge is -2.34. The van der Waals surface area contributed by atoms with Gasteiger partial charge in [0.2, 0.25) is 20.0 Å². The Morgan fingerprint density at radius 1 is 0.484 bits per heavy atom. The predicted molar refractivity (Wildman–Crippen MR) is 260 cm³/mol. The number of nitrogens with one attached hydrogen (secondary N) is 4. The number of fused-ring (bicyclic) bond motifs is 2. The first-order valence-electron chi connectivity index (χ1n) is 20.5. The molecule has 0 unspecified atom stereocenters. The highest BCUT2D eigenvalue weighted by atomic mass is 79.9. The minimum atomic E-state index is -3.65. The Bertz CT molecular complexity index is 2800. The summed E-state index contributed by atoms with van der Waals surface area (Å²) in [6, 6.07) is 46.4. The van der Waals surface area contributed by atoms with Gasteiger partial charge in [0.25, 0.3) is 0 Å². The van der Waals surface area contributed by atoms with Gasteiger partial charge in [-0.15, -0.1) is 0 Å². The topological polar surface area (TPSA) is 124 Å². The Kier molecular flexibility index (Phi) is 13.8. The fraction of sp³-hybridized carbons (Fsp3) is 0.200. The number of aromatic nitrogens is 2. The summed E-state index contributed by atoms with van der Waals surface area (Å²) < 4.78 is 60.2. The summed E-state index contributed by atoms with van der Waals surface area (Å²) in [6.07, 6.45) is 5.48. The number of rotatable bonds is 14. The first-order valence-corrected chi connectivity index (χ1v) is 25.0. The van der Waals surface area contributed by atoms with E-state index in [0.717, 1.165) is 77.0 Å². The normalized spacial score (nSPS) is 13.9. The number of halogens is 2. The summed E-state index contributed by atoms with van der Waals surface area (Å²) in [5.74, 6) is 0. The molecule has 6 aromatic carbocycles. The van der Waals surface area contributed by atoms with Crippen molar-refractivity contribution in [3.63, 3.8) is 0 Å². The molecule has 0 aliphatic heterocycles. The van der Waals surface area contributed by atoms with Crippen molar-refractivity contribution in [3.8, 4) is 0 Å². The first kappa shape index (κ1) is 45.2. The molecule has 2 heterocycles. The number of benzene rings is 6. The Balaban J connectivity index is 0.000000186. The van der Waals surface area contributed by atoms with Gasteiger partial charge >= 0.3 is 0 Å². The molecule has 0 spiro atoms. The summed E-state index contributed by atoms with van der Waals surface area (Å²) in [7, 11) is -7.30. The number of hydrogen-bond donors (Lipinski definition) is 4. The average molecular weight is 995 g/mol. The minimum Gasteiger partial charge on any atom is -0.361 e. The van der Waals surface area contributed by atoms with E-state index in [2.05, 4.69) is 102 Å². The second-order valence-electron chi connectivity index (χ2n) is 15.7. The molecule has 62 heavy (non-hydrogen) atoms. The quantitative estimate of drug-likeness (QED) is 0.0866. The molecule has 8 nitrogen and oxygen atoms in total. The summed E-state index contributed by atoms with van der Waals surface area (Å²) in [5.41, 5.74) is 7.35. The van der Waals surface area contributed by atoms with Crippen LogP contribution in [0.15, 0.2) is 177 Å². The molecule has 0 amide bonds. The Hall–Kier alpha value is -4.82. The number of para-hydroxylation sites is 2. The molecule has 0 saturated heterocycles. The smallest absolute Gasteiger partial charge is 0.240 e. The largest absolute Gasteiger partial charge is 0.361 e. The standard InChI is InChI=1S/2C25H25BrN2O2S/c2*1-3-25(19-10-12-20(26)13-11-19,23-16-27-24-7-5-4-6-22(23)24)17-28-31(29,30)21-14-8-18(2)9-15-21/h2*4-16,27-28H,3,17H2,1-2H3/t2*25-/m11/s1. The van der Waals surface area contributed by atoms with E-state index in [1.807, 2.05) is 111 Å². The number of sulfonamides is 2. The van der Waals surface area contributed by atoms with Gasteiger partial charge < -0.3 is 9.97 Å². The van der Waals surface area contributed by atoms with Gasteiger partial charge in [0.1, 0.15) is 0 Å². The van der Waals surface area contributed by atoms with Gasteiger partial charge in [0.15, 0.2) is 0 Å². The fourth-order valence-electron chi connectivity index (χ4n) is 8.26. The maximum atomic E-state index is 13.1. The van der Waals surface area contributed by atoms with E-state index in [0.29, 0.717) is 0 Å². The van der Waals surface area contributed by atoms with Crippen LogP contribution in [0.2, 0.25) is 0 Å². The Morgan fingerprint density at radius 2 is 0.823 bits per heavy atom. The van der Waals surface area contributed by atoms with Crippen LogP contribution in [-0.2, 0) is 30.9 Å². The van der Waals surface area contributed by atoms with Crippen LogP contribution in [0.3, 0.4) is 0 Å². The molecule has 4 N–H and O–H groups in total. The maximum Gasteiger partial charge on any atom is 0.240 e. The summed E-state index contributed by atoms with van der Waals surface area (Å²) in [6.45, 7) is 8.59. The van der Waals surface area contributed by atoms with E-state index in [9.17, 15) is 16.8 Å². The van der Waals surface area contributed by atoms with Crippen molar-refractivity contribution in [2.75, 3.05) is 13.1 Å². The van der Waals surface area contributed by atoms with Gasteiger partial charge in [-0.1, -0.05) is 142 Å². The monoisotopic (exact) mass is 992 g/mol. The van der Waals surface area contributed by atoms with Crippen LogP contribution in [0.4, 0.5) is 0 Å². The van der Waals surface area contributed by atoms with Crippen molar-refractivity contribution in [1.29, 1.82) is 0 Å². The highest BCUT2D eigenvalue weighted by molar-refractivity contribution is 9.10. The molecule has 12 heteroatoms. The zero-order valence-corrected chi connectivity index (χ0v) is 39.8. The van der Waals surface area contributed by atoms with Gasteiger partial charge in [-0.05, 0) is 110 Å². The predicted octanol–water partition coefficient (Wildman–Crippen LogP) is 11.8. The van der Waals surface area contributed by atoms with Crippen LogP contribution >= 0.6 is 31.9 Å². The Labute approximate surface area is 382 Å². The molecule has 0 aliphatic rings. The molecule has 0 fully saturated rings. The van der Waals surface area contributed by atoms with Gasteiger partial charge in [-0.3, -0.25) is 0 Å². The second kappa shape index (κ2) is 18.9. The zero-order valence-electron chi connectivity index (χ0n) is 35.0. The molecule has 0 bridgehead atoms. The lowest BCUT2D eigenvalue weighted by atomic mass is 9.72. The average Bonchev–Trinajstić information content (AvgIpc) is 3.92. The number of H-pyrrole nitrogens is 2. The minimum absolute atomic E-state index is 0.253. The zero-order chi connectivity index (χ0) is 44.1. The van der Waals surface area contributed by atoms with Crippen LogP contribution < -0.4 is 9.44 Å². The second-order valence-corrected chi connectivity index (χ2v) is 21.0. The van der Waals surface area contributed by atoms with Crippen LogP contribution in [-0.4, -0.2) is 39.9 Å². The number of aryl methyl sites for hydroxylation is 2. The third kappa shape index (κ3) is 9.41. The molecule has 0 aliphatic carbocycles. The van der Waals surface area contributed by atoms with E-state index < -0.39 is 30.9 Å². The molecule has 2 atom stereocenters.